The zero-order chi connectivity index (χ0) is 10.8. The normalized spacial score (nSPS) is 11.4. The van der Waals surface area contributed by atoms with Crippen LogP contribution in [-0.4, -0.2) is 11.1 Å². The Balaban J connectivity index is 2.95. The standard InChI is InChI=1S/C11H14O2S/c1-11(2,14)9-5-3-4-8(6-9)7-10(12)13/h3-6,14H,7H2,1-2H3,(H,12,13). The van der Waals surface area contributed by atoms with Gasteiger partial charge in [-0.25, -0.2) is 0 Å². The van der Waals surface area contributed by atoms with Gasteiger partial charge >= 0.3 is 5.97 Å². The summed E-state index contributed by atoms with van der Waals surface area (Å²) in [5.74, 6) is -0.806. The van der Waals surface area contributed by atoms with E-state index in [9.17, 15) is 4.79 Å². The van der Waals surface area contributed by atoms with Gasteiger partial charge in [0.15, 0.2) is 0 Å². The second kappa shape index (κ2) is 4.05. The molecular weight excluding hydrogens is 196 g/mol. The van der Waals surface area contributed by atoms with E-state index in [1.807, 2.05) is 38.1 Å². The van der Waals surface area contributed by atoms with Gasteiger partial charge in [0.25, 0.3) is 0 Å². The van der Waals surface area contributed by atoms with Crippen molar-refractivity contribution < 1.29 is 9.90 Å². The lowest BCUT2D eigenvalue weighted by Gasteiger charge is -2.18. The monoisotopic (exact) mass is 210 g/mol. The summed E-state index contributed by atoms with van der Waals surface area (Å²) in [6, 6.07) is 7.53. The number of rotatable bonds is 3. The van der Waals surface area contributed by atoms with E-state index in [1.54, 1.807) is 0 Å². The maximum Gasteiger partial charge on any atom is 0.307 e. The lowest BCUT2D eigenvalue weighted by atomic mass is 9.99. The highest BCUT2D eigenvalue weighted by atomic mass is 32.1. The van der Waals surface area contributed by atoms with Crippen molar-refractivity contribution in [1.82, 2.24) is 0 Å². The van der Waals surface area contributed by atoms with Gasteiger partial charge in [0, 0.05) is 4.75 Å². The molecule has 0 aliphatic carbocycles. The van der Waals surface area contributed by atoms with Crippen LogP contribution in [0.15, 0.2) is 24.3 Å². The first kappa shape index (κ1) is 11.1. The highest BCUT2D eigenvalue weighted by molar-refractivity contribution is 7.81. The van der Waals surface area contributed by atoms with E-state index in [-0.39, 0.29) is 11.2 Å². The number of carboxylic acids is 1. The largest absolute Gasteiger partial charge is 0.481 e. The van der Waals surface area contributed by atoms with Crippen molar-refractivity contribution in [2.24, 2.45) is 0 Å². The topological polar surface area (TPSA) is 37.3 Å². The molecule has 14 heavy (non-hydrogen) atoms. The summed E-state index contributed by atoms with van der Waals surface area (Å²) in [4.78, 5) is 10.5. The summed E-state index contributed by atoms with van der Waals surface area (Å²) in [7, 11) is 0. The second-order valence-electron chi connectivity index (χ2n) is 3.83. The Bertz CT molecular complexity index is 339. The van der Waals surface area contributed by atoms with Crippen LogP contribution in [0.4, 0.5) is 0 Å². The van der Waals surface area contributed by atoms with Crippen molar-refractivity contribution in [2.45, 2.75) is 25.0 Å². The molecule has 0 unspecified atom stereocenters. The molecule has 0 aromatic heterocycles. The third-order valence-electron chi connectivity index (χ3n) is 1.99. The zero-order valence-corrected chi connectivity index (χ0v) is 9.21. The molecule has 0 aliphatic heterocycles. The highest BCUT2D eigenvalue weighted by Crippen LogP contribution is 2.27. The number of aliphatic carboxylic acids is 1. The van der Waals surface area contributed by atoms with Gasteiger partial charge in [-0.2, -0.15) is 12.6 Å². The molecule has 0 heterocycles. The molecule has 0 amide bonds. The van der Waals surface area contributed by atoms with Crippen LogP contribution in [0.2, 0.25) is 0 Å². The Labute approximate surface area is 89.4 Å². The third-order valence-corrected chi connectivity index (χ3v) is 2.25. The van der Waals surface area contributed by atoms with E-state index < -0.39 is 5.97 Å². The number of hydrogen-bond donors (Lipinski definition) is 2. The smallest absolute Gasteiger partial charge is 0.307 e. The summed E-state index contributed by atoms with van der Waals surface area (Å²) >= 11 is 4.43. The maximum absolute atomic E-state index is 10.5. The lowest BCUT2D eigenvalue weighted by molar-refractivity contribution is -0.136. The summed E-state index contributed by atoms with van der Waals surface area (Å²) < 4.78 is -0.228. The number of carboxylic acid groups (broad SMARTS) is 1. The van der Waals surface area contributed by atoms with Crippen LogP contribution in [-0.2, 0) is 16.0 Å². The number of carbonyl (C=O) groups is 1. The van der Waals surface area contributed by atoms with Crippen molar-refractivity contribution in [2.75, 3.05) is 0 Å². The van der Waals surface area contributed by atoms with E-state index in [2.05, 4.69) is 12.6 Å². The molecule has 0 saturated heterocycles. The van der Waals surface area contributed by atoms with E-state index in [0.717, 1.165) is 11.1 Å². The van der Waals surface area contributed by atoms with Gasteiger partial charge in [0.2, 0.25) is 0 Å². The maximum atomic E-state index is 10.5. The third kappa shape index (κ3) is 3.07. The van der Waals surface area contributed by atoms with Gasteiger partial charge in [-0.05, 0) is 25.0 Å². The molecule has 1 aromatic rings. The van der Waals surface area contributed by atoms with E-state index in [1.165, 1.54) is 0 Å². The lowest BCUT2D eigenvalue weighted by Crippen LogP contribution is -2.09. The predicted molar refractivity (Wildman–Crippen MR) is 59.8 cm³/mol. The predicted octanol–water partition coefficient (Wildman–Crippen LogP) is 2.48. The highest BCUT2D eigenvalue weighted by Gasteiger charge is 2.14. The Hall–Kier alpha value is -0.960. The number of thiol groups is 1. The molecule has 0 atom stereocenters. The Morgan fingerprint density at radius 1 is 1.50 bits per heavy atom. The van der Waals surface area contributed by atoms with Gasteiger partial charge in [-0.15, -0.1) is 0 Å². The van der Waals surface area contributed by atoms with Crippen LogP contribution in [0.25, 0.3) is 0 Å². The van der Waals surface area contributed by atoms with Crippen molar-refractivity contribution in [3.8, 4) is 0 Å². The van der Waals surface area contributed by atoms with Gasteiger partial charge in [-0.1, -0.05) is 24.3 Å². The molecule has 0 aliphatic rings. The number of benzene rings is 1. The quantitative estimate of drug-likeness (QED) is 0.752. The minimum atomic E-state index is -0.806. The first-order valence-electron chi connectivity index (χ1n) is 4.43. The first-order chi connectivity index (χ1) is 6.39. The fourth-order valence-electron chi connectivity index (χ4n) is 1.24. The second-order valence-corrected chi connectivity index (χ2v) is 4.95. The van der Waals surface area contributed by atoms with Gasteiger partial charge < -0.3 is 5.11 Å². The van der Waals surface area contributed by atoms with Gasteiger partial charge in [-0.3, -0.25) is 4.79 Å². The minimum absolute atomic E-state index is 0.0672. The van der Waals surface area contributed by atoms with Gasteiger partial charge in [0.05, 0.1) is 6.42 Å². The van der Waals surface area contributed by atoms with Crippen LogP contribution in [0.3, 0.4) is 0 Å². The minimum Gasteiger partial charge on any atom is -0.481 e. The molecule has 2 nitrogen and oxygen atoms in total. The molecule has 1 rings (SSSR count). The van der Waals surface area contributed by atoms with Crippen molar-refractivity contribution >= 4 is 18.6 Å². The van der Waals surface area contributed by atoms with Crippen molar-refractivity contribution in [1.29, 1.82) is 0 Å². The average molecular weight is 210 g/mol. The molecule has 0 saturated carbocycles. The molecule has 1 aromatic carbocycles. The van der Waals surface area contributed by atoms with Gasteiger partial charge in [0.1, 0.15) is 0 Å². The fourth-order valence-corrected chi connectivity index (χ4v) is 1.38. The first-order valence-corrected chi connectivity index (χ1v) is 4.88. The molecule has 76 valence electrons. The summed E-state index contributed by atoms with van der Waals surface area (Å²) in [5, 5.41) is 8.64. The SMILES string of the molecule is CC(C)(S)c1cccc(CC(=O)O)c1. The van der Waals surface area contributed by atoms with Crippen LogP contribution in [0.1, 0.15) is 25.0 Å². The van der Waals surface area contributed by atoms with E-state index in [0.29, 0.717) is 0 Å². The summed E-state index contributed by atoms with van der Waals surface area (Å²) in [5.41, 5.74) is 1.86. The van der Waals surface area contributed by atoms with Crippen LogP contribution in [0, 0.1) is 0 Å². The zero-order valence-electron chi connectivity index (χ0n) is 8.32. The number of hydrogen-bond acceptors (Lipinski definition) is 2. The molecular formula is C11H14O2S. The average Bonchev–Trinajstić information content (AvgIpc) is 2.01. The summed E-state index contributed by atoms with van der Waals surface area (Å²) in [6.07, 6.45) is 0.0672. The summed E-state index contributed by atoms with van der Waals surface area (Å²) in [6.45, 7) is 3.96. The molecule has 0 bridgehead atoms. The molecule has 3 heteroatoms. The van der Waals surface area contributed by atoms with Crippen LogP contribution >= 0.6 is 12.6 Å². The molecule has 0 fully saturated rings. The Kier molecular flexibility index (Phi) is 3.21. The molecule has 0 radical (unpaired) electrons. The van der Waals surface area contributed by atoms with Crippen LogP contribution in [0.5, 0.6) is 0 Å². The molecule has 1 N–H and O–H groups in total. The Morgan fingerprint density at radius 3 is 2.64 bits per heavy atom. The van der Waals surface area contributed by atoms with E-state index >= 15 is 0 Å². The van der Waals surface area contributed by atoms with E-state index in [4.69, 9.17) is 5.11 Å². The molecule has 0 spiro atoms. The fraction of sp³-hybridized carbons (Fsp3) is 0.364. The van der Waals surface area contributed by atoms with Crippen LogP contribution < -0.4 is 0 Å². The van der Waals surface area contributed by atoms with Crippen molar-refractivity contribution in [3.63, 3.8) is 0 Å². The Morgan fingerprint density at radius 2 is 2.14 bits per heavy atom. The van der Waals surface area contributed by atoms with Crippen molar-refractivity contribution in [3.05, 3.63) is 35.4 Å².